The quantitative estimate of drug-likeness (QED) is 0.600. The van der Waals surface area contributed by atoms with Crippen molar-refractivity contribution >= 4 is 5.97 Å². The minimum atomic E-state index is -0.851. The van der Waals surface area contributed by atoms with Crippen LogP contribution in [0, 0.1) is 11.8 Å². The summed E-state index contributed by atoms with van der Waals surface area (Å²) in [6, 6.07) is 3.74. The minimum absolute atomic E-state index is 0.126. The maximum Gasteiger partial charge on any atom is 0.307 e. The van der Waals surface area contributed by atoms with Gasteiger partial charge in [-0.15, -0.1) is 0 Å². The summed E-state index contributed by atoms with van der Waals surface area (Å²) in [6.07, 6.45) is 1.16. The Morgan fingerprint density at radius 3 is 2.00 bits per heavy atom. The topological polar surface area (TPSA) is 91.0 Å². The van der Waals surface area contributed by atoms with E-state index in [4.69, 9.17) is 19.9 Å². The van der Waals surface area contributed by atoms with Crippen LogP contribution in [0.2, 0.25) is 0 Å². The van der Waals surface area contributed by atoms with Crippen molar-refractivity contribution in [2.75, 3.05) is 26.4 Å². The van der Waals surface area contributed by atoms with Crippen LogP contribution in [0.3, 0.4) is 0 Å². The lowest BCUT2D eigenvalue weighted by Gasteiger charge is -2.21. The van der Waals surface area contributed by atoms with Crippen molar-refractivity contribution < 1.29 is 24.1 Å². The first-order chi connectivity index (χ1) is 12.0. The van der Waals surface area contributed by atoms with Crippen LogP contribution in [0.5, 0.6) is 17.2 Å². The maximum atomic E-state index is 11.2. The third kappa shape index (κ3) is 6.46. The molecule has 1 aromatic carbocycles. The first kappa shape index (κ1) is 21.1. The fraction of sp³-hybridized carbons (Fsp3) is 0.632. The van der Waals surface area contributed by atoms with Gasteiger partial charge in [0.1, 0.15) is 17.2 Å². The van der Waals surface area contributed by atoms with Gasteiger partial charge in [-0.2, -0.15) is 0 Å². The van der Waals surface area contributed by atoms with Crippen molar-refractivity contribution in [3.63, 3.8) is 0 Å². The smallest absolute Gasteiger partial charge is 0.307 e. The highest BCUT2D eigenvalue weighted by Crippen LogP contribution is 2.37. The molecule has 3 N–H and O–H groups in total. The van der Waals surface area contributed by atoms with E-state index in [1.165, 1.54) is 0 Å². The Bertz CT molecular complexity index is 520. The van der Waals surface area contributed by atoms with E-state index in [9.17, 15) is 9.90 Å². The molecule has 0 saturated carbocycles. The van der Waals surface area contributed by atoms with Crippen LogP contribution >= 0.6 is 0 Å². The predicted octanol–water partition coefficient (Wildman–Crippen LogP) is 3.11. The van der Waals surface area contributed by atoms with Gasteiger partial charge in [-0.05, 0) is 39.5 Å². The van der Waals surface area contributed by atoms with Crippen molar-refractivity contribution in [3.05, 3.63) is 17.7 Å². The Labute approximate surface area is 150 Å². The van der Waals surface area contributed by atoms with E-state index in [1.54, 1.807) is 0 Å². The molecule has 0 fully saturated rings. The zero-order valence-electron chi connectivity index (χ0n) is 15.7. The zero-order valence-corrected chi connectivity index (χ0v) is 15.7. The first-order valence-electron chi connectivity index (χ1n) is 8.94. The van der Waals surface area contributed by atoms with Gasteiger partial charge in [-0.25, -0.2) is 0 Å². The fourth-order valence-electron chi connectivity index (χ4n) is 2.83. The molecule has 0 saturated heterocycles. The third-order valence-electron chi connectivity index (χ3n) is 3.93. The predicted molar refractivity (Wildman–Crippen MR) is 97.6 cm³/mol. The molecule has 0 heterocycles. The van der Waals surface area contributed by atoms with Gasteiger partial charge in [0, 0.05) is 24.2 Å². The summed E-state index contributed by atoms with van der Waals surface area (Å²) >= 11 is 0. The van der Waals surface area contributed by atoms with Gasteiger partial charge in [-0.3, -0.25) is 4.79 Å². The summed E-state index contributed by atoms with van der Waals surface area (Å²) in [6.45, 7) is 9.56. The van der Waals surface area contributed by atoms with E-state index >= 15 is 0 Å². The van der Waals surface area contributed by atoms with E-state index in [-0.39, 0.29) is 12.5 Å². The van der Waals surface area contributed by atoms with Crippen LogP contribution in [0.25, 0.3) is 0 Å². The fourth-order valence-corrected chi connectivity index (χ4v) is 2.83. The van der Waals surface area contributed by atoms with E-state index in [1.807, 2.05) is 39.8 Å². The number of ether oxygens (including phenoxy) is 3. The van der Waals surface area contributed by atoms with Gasteiger partial charge < -0.3 is 25.1 Å². The molecule has 142 valence electrons. The SMILES string of the molecule is CCOc1cc(OCC)c(CC(C)CC(CN)C(=O)O)c(OCC)c1. The largest absolute Gasteiger partial charge is 0.494 e. The van der Waals surface area contributed by atoms with Gasteiger partial charge in [0.15, 0.2) is 0 Å². The third-order valence-corrected chi connectivity index (χ3v) is 3.93. The average molecular weight is 353 g/mol. The highest BCUT2D eigenvalue weighted by Gasteiger charge is 2.22. The molecule has 6 nitrogen and oxygen atoms in total. The van der Waals surface area contributed by atoms with E-state index in [2.05, 4.69) is 0 Å². The van der Waals surface area contributed by atoms with Crippen molar-refractivity contribution in [2.45, 2.75) is 40.5 Å². The number of carboxylic acids is 1. The lowest BCUT2D eigenvalue weighted by Crippen LogP contribution is -2.25. The molecule has 0 aliphatic rings. The first-order valence-corrected chi connectivity index (χ1v) is 8.94. The van der Waals surface area contributed by atoms with Gasteiger partial charge in [0.2, 0.25) is 0 Å². The van der Waals surface area contributed by atoms with E-state index in [0.29, 0.717) is 38.4 Å². The molecule has 1 aromatic rings. The summed E-state index contributed by atoms with van der Waals surface area (Å²) in [5, 5.41) is 9.22. The zero-order chi connectivity index (χ0) is 18.8. The molecular formula is C19H31NO5. The molecule has 0 amide bonds. The normalized spacial score (nSPS) is 13.2. The molecule has 2 atom stereocenters. The lowest BCUT2D eigenvalue weighted by molar-refractivity contribution is -0.141. The maximum absolute atomic E-state index is 11.2. The number of nitrogens with two attached hydrogens (primary N) is 1. The average Bonchev–Trinajstić information content (AvgIpc) is 2.56. The highest BCUT2D eigenvalue weighted by atomic mass is 16.5. The Morgan fingerprint density at radius 1 is 1.08 bits per heavy atom. The molecule has 1 rings (SSSR count). The number of hydrogen-bond acceptors (Lipinski definition) is 5. The summed E-state index contributed by atoms with van der Waals surface area (Å²) in [4.78, 5) is 11.2. The summed E-state index contributed by atoms with van der Waals surface area (Å²) in [5.74, 6) is 0.892. The molecule has 0 aromatic heterocycles. The molecule has 6 heteroatoms. The second-order valence-electron chi connectivity index (χ2n) is 6.01. The Balaban J connectivity index is 3.10. The van der Waals surface area contributed by atoms with Crippen molar-refractivity contribution in [1.29, 1.82) is 0 Å². The lowest BCUT2D eigenvalue weighted by atomic mass is 9.90. The Kier molecular flexibility index (Phi) is 9.13. The van der Waals surface area contributed by atoms with Crippen LogP contribution in [0.15, 0.2) is 12.1 Å². The van der Waals surface area contributed by atoms with E-state index < -0.39 is 11.9 Å². The summed E-state index contributed by atoms with van der Waals surface area (Å²) in [5.41, 5.74) is 6.52. The molecule has 0 aliphatic heterocycles. The number of aliphatic carboxylic acids is 1. The van der Waals surface area contributed by atoms with Crippen LogP contribution in [0.4, 0.5) is 0 Å². The monoisotopic (exact) mass is 353 g/mol. The molecule has 0 spiro atoms. The van der Waals surface area contributed by atoms with Gasteiger partial charge in [-0.1, -0.05) is 6.92 Å². The Morgan fingerprint density at radius 2 is 1.60 bits per heavy atom. The van der Waals surface area contributed by atoms with Crippen LogP contribution in [-0.4, -0.2) is 37.4 Å². The molecule has 0 aliphatic carbocycles. The van der Waals surface area contributed by atoms with Crippen LogP contribution in [-0.2, 0) is 11.2 Å². The van der Waals surface area contributed by atoms with Crippen LogP contribution in [0.1, 0.15) is 39.7 Å². The van der Waals surface area contributed by atoms with Crippen molar-refractivity contribution in [3.8, 4) is 17.2 Å². The molecule has 0 radical (unpaired) electrons. The number of benzene rings is 1. The molecule has 2 unspecified atom stereocenters. The molecule has 25 heavy (non-hydrogen) atoms. The van der Waals surface area contributed by atoms with Crippen LogP contribution < -0.4 is 19.9 Å². The number of carbonyl (C=O) groups is 1. The van der Waals surface area contributed by atoms with Gasteiger partial charge >= 0.3 is 5.97 Å². The molecule has 0 bridgehead atoms. The molecular weight excluding hydrogens is 322 g/mol. The van der Waals surface area contributed by atoms with E-state index in [0.717, 1.165) is 17.1 Å². The number of rotatable bonds is 12. The van der Waals surface area contributed by atoms with Crippen molar-refractivity contribution in [1.82, 2.24) is 0 Å². The second-order valence-corrected chi connectivity index (χ2v) is 6.01. The summed E-state index contributed by atoms with van der Waals surface area (Å²) in [7, 11) is 0. The number of hydrogen-bond donors (Lipinski definition) is 2. The highest BCUT2D eigenvalue weighted by molar-refractivity contribution is 5.70. The number of carboxylic acid groups (broad SMARTS) is 1. The van der Waals surface area contributed by atoms with Gasteiger partial charge in [0.05, 0.1) is 25.7 Å². The summed E-state index contributed by atoms with van der Waals surface area (Å²) < 4.78 is 17.2. The minimum Gasteiger partial charge on any atom is -0.494 e. The standard InChI is InChI=1S/C19H31NO5/c1-5-23-15-10-17(24-6-2)16(18(11-15)25-7-3)9-13(4)8-14(12-20)19(21)22/h10-11,13-14H,5-9,12,20H2,1-4H3,(H,21,22). The second kappa shape index (κ2) is 10.8. The van der Waals surface area contributed by atoms with Crippen molar-refractivity contribution in [2.24, 2.45) is 17.6 Å². The Hall–Kier alpha value is -1.95. The van der Waals surface area contributed by atoms with Gasteiger partial charge in [0.25, 0.3) is 0 Å².